The highest BCUT2D eigenvalue weighted by Crippen LogP contribution is 2.38. The van der Waals surface area contributed by atoms with Crippen molar-refractivity contribution < 1.29 is 17.6 Å². The van der Waals surface area contributed by atoms with Crippen molar-refractivity contribution >= 4 is 9.84 Å². The normalized spacial score (nSPS) is 11.3. The van der Waals surface area contributed by atoms with Crippen molar-refractivity contribution in [3.8, 4) is 23.0 Å². The minimum atomic E-state index is -3.76. The maximum atomic E-state index is 13.2. The summed E-state index contributed by atoms with van der Waals surface area (Å²) in [7, 11) is -3.76. The summed E-state index contributed by atoms with van der Waals surface area (Å²) in [6.45, 7) is 0. The first-order valence-corrected chi connectivity index (χ1v) is 9.85. The summed E-state index contributed by atoms with van der Waals surface area (Å²) < 4.78 is 37.9. The SMILES string of the molecule is O=S(=O)(c1ccccc1)c1cc(Oc2ccccc2)oc1-c1ccccc1. The van der Waals surface area contributed by atoms with Crippen LogP contribution in [0.1, 0.15) is 0 Å². The highest BCUT2D eigenvalue weighted by atomic mass is 32.2. The molecule has 0 unspecified atom stereocenters. The number of hydrogen-bond donors (Lipinski definition) is 0. The molecule has 0 saturated carbocycles. The number of hydrogen-bond acceptors (Lipinski definition) is 4. The van der Waals surface area contributed by atoms with E-state index in [1.165, 1.54) is 6.07 Å². The molecule has 0 N–H and O–H groups in total. The molecule has 0 saturated heterocycles. The topological polar surface area (TPSA) is 56.5 Å². The largest absolute Gasteiger partial charge is 0.426 e. The third kappa shape index (κ3) is 3.50. The maximum absolute atomic E-state index is 13.2. The molecule has 0 radical (unpaired) electrons. The van der Waals surface area contributed by atoms with Crippen LogP contribution < -0.4 is 4.74 Å². The molecule has 0 fully saturated rings. The summed E-state index contributed by atoms with van der Waals surface area (Å²) in [5, 5.41) is 0. The van der Waals surface area contributed by atoms with Gasteiger partial charge in [0.2, 0.25) is 9.84 Å². The van der Waals surface area contributed by atoms with E-state index in [4.69, 9.17) is 9.15 Å². The van der Waals surface area contributed by atoms with E-state index in [1.54, 1.807) is 54.6 Å². The second kappa shape index (κ2) is 7.13. The lowest BCUT2D eigenvalue weighted by Gasteiger charge is -2.04. The van der Waals surface area contributed by atoms with Crippen LogP contribution in [0.5, 0.6) is 11.7 Å². The third-order valence-corrected chi connectivity index (χ3v) is 5.79. The predicted molar refractivity (Wildman–Crippen MR) is 103 cm³/mol. The lowest BCUT2D eigenvalue weighted by Crippen LogP contribution is -2.01. The first kappa shape index (κ1) is 17.1. The molecule has 134 valence electrons. The van der Waals surface area contributed by atoms with Gasteiger partial charge in [-0.2, -0.15) is 0 Å². The van der Waals surface area contributed by atoms with Crippen molar-refractivity contribution in [3.63, 3.8) is 0 Å². The van der Waals surface area contributed by atoms with Crippen molar-refractivity contribution in [2.45, 2.75) is 9.79 Å². The zero-order valence-electron chi connectivity index (χ0n) is 14.3. The van der Waals surface area contributed by atoms with Gasteiger partial charge in [-0.1, -0.05) is 66.7 Å². The van der Waals surface area contributed by atoms with Crippen LogP contribution in [0.25, 0.3) is 11.3 Å². The summed E-state index contributed by atoms with van der Waals surface area (Å²) in [6.07, 6.45) is 0. The van der Waals surface area contributed by atoms with Crippen molar-refractivity contribution in [3.05, 3.63) is 97.1 Å². The molecule has 1 aromatic heterocycles. The summed E-state index contributed by atoms with van der Waals surface area (Å²) in [5.41, 5.74) is 0.662. The maximum Gasteiger partial charge on any atom is 0.291 e. The van der Waals surface area contributed by atoms with Gasteiger partial charge in [-0.25, -0.2) is 8.42 Å². The molecule has 3 aromatic carbocycles. The molecule has 1 heterocycles. The van der Waals surface area contributed by atoms with Gasteiger partial charge in [-0.3, -0.25) is 0 Å². The monoisotopic (exact) mass is 376 g/mol. The van der Waals surface area contributed by atoms with Gasteiger partial charge in [-0.15, -0.1) is 0 Å². The second-order valence-electron chi connectivity index (χ2n) is 5.86. The Bertz CT molecular complexity index is 1130. The fourth-order valence-corrected chi connectivity index (χ4v) is 4.15. The van der Waals surface area contributed by atoms with Crippen LogP contribution >= 0.6 is 0 Å². The molecule has 0 spiro atoms. The molecule has 0 amide bonds. The molecule has 0 bridgehead atoms. The van der Waals surface area contributed by atoms with Gasteiger partial charge < -0.3 is 9.15 Å². The Hall–Kier alpha value is -3.31. The third-order valence-electron chi connectivity index (χ3n) is 4.02. The van der Waals surface area contributed by atoms with Gasteiger partial charge in [0.25, 0.3) is 5.95 Å². The highest BCUT2D eigenvalue weighted by Gasteiger charge is 2.27. The van der Waals surface area contributed by atoms with Gasteiger partial charge in [0, 0.05) is 11.6 Å². The second-order valence-corrected chi connectivity index (χ2v) is 7.77. The lowest BCUT2D eigenvalue weighted by molar-refractivity contribution is 0.351. The van der Waals surface area contributed by atoms with Crippen LogP contribution in [0, 0.1) is 0 Å². The quantitative estimate of drug-likeness (QED) is 0.457. The van der Waals surface area contributed by atoms with Gasteiger partial charge in [0.15, 0.2) is 5.76 Å². The van der Waals surface area contributed by atoms with Crippen molar-refractivity contribution in [2.75, 3.05) is 0 Å². The van der Waals surface area contributed by atoms with Crippen molar-refractivity contribution in [2.24, 2.45) is 0 Å². The molecule has 0 aliphatic carbocycles. The molecule has 0 aliphatic heterocycles. The average Bonchev–Trinajstić information content (AvgIpc) is 3.15. The van der Waals surface area contributed by atoms with E-state index in [-0.39, 0.29) is 21.5 Å². The molecule has 0 atom stereocenters. The van der Waals surface area contributed by atoms with Crippen LogP contribution in [0.15, 0.2) is 111 Å². The van der Waals surface area contributed by atoms with Crippen LogP contribution in [0.2, 0.25) is 0 Å². The van der Waals surface area contributed by atoms with Crippen LogP contribution in [0.3, 0.4) is 0 Å². The summed E-state index contributed by atoms with van der Waals surface area (Å²) in [6, 6.07) is 27.9. The van der Waals surface area contributed by atoms with Crippen molar-refractivity contribution in [1.29, 1.82) is 0 Å². The predicted octanol–water partition coefficient (Wildman–Crippen LogP) is 5.57. The Morgan fingerprint density at radius 3 is 1.89 bits per heavy atom. The number of ether oxygens (including phenoxy) is 1. The van der Waals surface area contributed by atoms with Gasteiger partial charge >= 0.3 is 0 Å². The molecular weight excluding hydrogens is 360 g/mol. The summed E-state index contributed by atoms with van der Waals surface area (Å²) in [5.74, 6) is 0.939. The van der Waals surface area contributed by atoms with Gasteiger partial charge in [0.1, 0.15) is 10.6 Å². The van der Waals surface area contributed by atoms with Crippen LogP contribution in [-0.4, -0.2) is 8.42 Å². The van der Waals surface area contributed by atoms with E-state index >= 15 is 0 Å². The highest BCUT2D eigenvalue weighted by molar-refractivity contribution is 7.91. The van der Waals surface area contributed by atoms with E-state index in [9.17, 15) is 8.42 Å². The minimum absolute atomic E-state index is 0.0748. The first-order valence-electron chi connectivity index (χ1n) is 8.37. The first-order chi connectivity index (χ1) is 13.1. The van der Waals surface area contributed by atoms with Gasteiger partial charge in [-0.05, 0) is 24.3 Å². The number of para-hydroxylation sites is 1. The average molecular weight is 376 g/mol. The van der Waals surface area contributed by atoms with E-state index in [0.717, 1.165) is 0 Å². The summed E-state index contributed by atoms with van der Waals surface area (Å²) >= 11 is 0. The number of sulfone groups is 1. The van der Waals surface area contributed by atoms with E-state index in [0.29, 0.717) is 11.3 Å². The van der Waals surface area contributed by atoms with Gasteiger partial charge in [0.05, 0.1) is 4.90 Å². The number of benzene rings is 3. The number of furan rings is 1. The molecule has 4 rings (SSSR count). The molecule has 5 heteroatoms. The van der Waals surface area contributed by atoms with Crippen LogP contribution in [0.4, 0.5) is 0 Å². The zero-order chi connectivity index (χ0) is 18.7. The standard InChI is InChI=1S/C22H16O4S/c23-27(24,19-14-8-3-9-15-19)20-16-21(25-18-12-6-2-7-13-18)26-22(20)17-10-4-1-5-11-17/h1-16H. The molecular formula is C22H16O4S. The Labute approximate surface area is 157 Å². The zero-order valence-corrected chi connectivity index (χ0v) is 15.1. The van der Waals surface area contributed by atoms with E-state index in [2.05, 4.69) is 0 Å². The summed E-state index contributed by atoms with van der Waals surface area (Å²) in [4.78, 5) is 0.278. The molecule has 4 aromatic rings. The fourth-order valence-electron chi connectivity index (χ4n) is 2.72. The Morgan fingerprint density at radius 2 is 1.26 bits per heavy atom. The van der Waals surface area contributed by atoms with E-state index < -0.39 is 9.84 Å². The lowest BCUT2D eigenvalue weighted by atomic mass is 10.2. The van der Waals surface area contributed by atoms with E-state index in [1.807, 2.05) is 36.4 Å². The molecule has 4 nitrogen and oxygen atoms in total. The van der Waals surface area contributed by atoms with Crippen LogP contribution in [-0.2, 0) is 9.84 Å². The van der Waals surface area contributed by atoms with Crippen molar-refractivity contribution in [1.82, 2.24) is 0 Å². The fraction of sp³-hybridized carbons (Fsp3) is 0. The Kier molecular flexibility index (Phi) is 4.52. The minimum Gasteiger partial charge on any atom is -0.426 e. The number of rotatable bonds is 5. The smallest absolute Gasteiger partial charge is 0.291 e. The Morgan fingerprint density at radius 1 is 0.704 bits per heavy atom. The Balaban J connectivity index is 1.84. The molecule has 27 heavy (non-hydrogen) atoms. The molecule has 0 aliphatic rings.